The van der Waals surface area contributed by atoms with Gasteiger partial charge >= 0.3 is 0 Å². The monoisotopic (exact) mass is 280 g/mol. The molecular formula is C12H16N4O2S. The van der Waals surface area contributed by atoms with Crippen LogP contribution < -0.4 is 10.0 Å². The Morgan fingerprint density at radius 2 is 1.89 bits per heavy atom. The standard InChI is InChI=1S/C12H16N4O2S/c1-9-11(8-16(3)14-9)15-19(17,18)12-7-5-4-6-10(12)13-2/h4-8,13,15H,1-3H3. The van der Waals surface area contributed by atoms with Crippen LogP contribution in [0.15, 0.2) is 35.4 Å². The van der Waals surface area contributed by atoms with E-state index >= 15 is 0 Å². The molecule has 2 N–H and O–H groups in total. The van der Waals surface area contributed by atoms with Crippen molar-refractivity contribution in [2.75, 3.05) is 17.1 Å². The van der Waals surface area contributed by atoms with Gasteiger partial charge < -0.3 is 5.32 Å². The zero-order chi connectivity index (χ0) is 14.0. The topological polar surface area (TPSA) is 76.0 Å². The minimum atomic E-state index is -3.63. The van der Waals surface area contributed by atoms with Crippen LogP contribution in [0.3, 0.4) is 0 Å². The van der Waals surface area contributed by atoms with E-state index in [0.29, 0.717) is 17.1 Å². The van der Waals surface area contributed by atoms with Gasteiger partial charge in [-0.25, -0.2) is 8.42 Å². The molecule has 19 heavy (non-hydrogen) atoms. The fourth-order valence-corrected chi connectivity index (χ4v) is 3.12. The van der Waals surface area contributed by atoms with Crippen molar-refractivity contribution in [1.29, 1.82) is 0 Å². The lowest BCUT2D eigenvalue weighted by Gasteiger charge is -2.11. The Kier molecular flexibility index (Phi) is 3.48. The molecule has 1 aromatic heterocycles. The van der Waals surface area contributed by atoms with Crippen LogP contribution in [0.25, 0.3) is 0 Å². The van der Waals surface area contributed by atoms with Crippen LogP contribution in [0.1, 0.15) is 5.69 Å². The maximum Gasteiger partial charge on any atom is 0.264 e. The second-order valence-electron chi connectivity index (χ2n) is 4.15. The molecule has 2 aromatic rings. The summed E-state index contributed by atoms with van der Waals surface area (Å²) < 4.78 is 28.8. The molecule has 2 rings (SSSR count). The predicted molar refractivity (Wildman–Crippen MR) is 74.7 cm³/mol. The molecule has 0 aliphatic carbocycles. The average molecular weight is 280 g/mol. The maximum absolute atomic E-state index is 12.4. The molecule has 1 aromatic carbocycles. The van der Waals surface area contributed by atoms with E-state index in [1.165, 1.54) is 0 Å². The molecular weight excluding hydrogens is 264 g/mol. The first-order valence-corrected chi connectivity index (χ1v) is 7.22. The predicted octanol–water partition coefficient (Wildman–Crippen LogP) is 1.57. The molecule has 0 unspecified atom stereocenters. The molecule has 0 radical (unpaired) electrons. The van der Waals surface area contributed by atoms with Crippen LogP contribution in [0.5, 0.6) is 0 Å². The third kappa shape index (κ3) is 2.70. The Morgan fingerprint density at radius 3 is 2.47 bits per heavy atom. The first-order valence-electron chi connectivity index (χ1n) is 5.74. The highest BCUT2D eigenvalue weighted by atomic mass is 32.2. The minimum Gasteiger partial charge on any atom is -0.387 e. The van der Waals surface area contributed by atoms with E-state index in [0.717, 1.165) is 0 Å². The lowest BCUT2D eigenvalue weighted by Crippen LogP contribution is -2.14. The average Bonchev–Trinajstić information content (AvgIpc) is 2.67. The van der Waals surface area contributed by atoms with Gasteiger partial charge in [0.25, 0.3) is 10.0 Å². The van der Waals surface area contributed by atoms with Crippen LogP contribution in [-0.2, 0) is 17.1 Å². The van der Waals surface area contributed by atoms with Crippen molar-refractivity contribution in [1.82, 2.24) is 9.78 Å². The van der Waals surface area contributed by atoms with Crippen molar-refractivity contribution >= 4 is 21.4 Å². The van der Waals surface area contributed by atoms with E-state index in [2.05, 4.69) is 15.1 Å². The van der Waals surface area contributed by atoms with Gasteiger partial charge in [0.15, 0.2) is 0 Å². The summed E-state index contributed by atoms with van der Waals surface area (Å²) in [7, 11) is -0.204. The van der Waals surface area contributed by atoms with E-state index in [1.54, 1.807) is 56.2 Å². The van der Waals surface area contributed by atoms with Crippen molar-refractivity contribution in [2.24, 2.45) is 7.05 Å². The second kappa shape index (κ2) is 4.93. The number of hydrogen-bond acceptors (Lipinski definition) is 4. The number of anilines is 2. The Hall–Kier alpha value is -2.02. The van der Waals surface area contributed by atoms with E-state index in [1.807, 2.05) is 0 Å². The normalized spacial score (nSPS) is 11.3. The molecule has 0 aliphatic heterocycles. The van der Waals surface area contributed by atoms with Gasteiger partial charge in [0.2, 0.25) is 0 Å². The number of hydrogen-bond donors (Lipinski definition) is 2. The highest BCUT2D eigenvalue weighted by Gasteiger charge is 2.19. The van der Waals surface area contributed by atoms with Gasteiger partial charge in [-0.3, -0.25) is 9.40 Å². The largest absolute Gasteiger partial charge is 0.387 e. The quantitative estimate of drug-likeness (QED) is 0.891. The summed E-state index contributed by atoms with van der Waals surface area (Å²) in [6.45, 7) is 1.75. The van der Waals surface area contributed by atoms with E-state index in [9.17, 15) is 8.42 Å². The molecule has 0 amide bonds. The van der Waals surface area contributed by atoms with Crippen LogP contribution in [0.2, 0.25) is 0 Å². The van der Waals surface area contributed by atoms with Crippen molar-refractivity contribution < 1.29 is 8.42 Å². The molecule has 0 fully saturated rings. The van der Waals surface area contributed by atoms with Gasteiger partial charge in [-0.15, -0.1) is 0 Å². The highest BCUT2D eigenvalue weighted by molar-refractivity contribution is 7.92. The zero-order valence-electron chi connectivity index (χ0n) is 11.0. The number of rotatable bonds is 4. The fraction of sp³-hybridized carbons (Fsp3) is 0.250. The fourth-order valence-electron chi connectivity index (χ4n) is 1.81. The molecule has 6 nitrogen and oxygen atoms in total. The first kappa shape index (κ1) is 13.4. The van der Waals surface area contributed by atoms with Crippen LogP contribution in [-0.4, -0.2) is 25.2 Å². The first-order chi connectivity index (χ1) is 8.94. The summed E-state index contributed by atoms with van der Waals surface area (Å²) in [6.07, 6.45) is 1.63. The SMILES string of the molecule is CNc1ccccc1S(=O)(=O)Nc1cn(C)nc1C. The number of para-hydroxylation sites is 1. The summed E-state index contributed by atoms with van der Waals surface area (Å²) in [4.78, 5) is 0.209. The molecule has 1 heterocycles. The molecule has 0 saturated heterocycles. The maximum atomic E-state index is 12.4. The van der Waals surface area contributed by atoms with E-state index in [4.69, 9.17) is 0 Å². The number of nitrogens with one attached hydrogen (secondary N) is 2. The number of aryl methyl sites for hydroxylation is 2. The minimum absolute atomic E-state index is 0.209. The molecule has 7 heteroatoms. The van der Waals surface area contributed by atoms with Gasteiger partial charge in [0.1, 0.15) is 4.90 Å². The number of sulfonamides is 1. The second-order valence-corrected chi connectivity index (χ2v) is 5.80. The lowest BCUT2D eigenvalue weighted by atomic mass is 10.3. The van der Waals surface area contributed by atoms with E-state index < -0.39 is 10.0 Å². The molecule has 0 bridgehead atoms. The molecule has 0 spiro atoms. The Bertz CT molecular complexity index is 692. The van der Waals surface area contributed by atoms with Gasteiger partial charge in [0.05, 0.1) is 17.1 Å². The van der Waals surface area contributed by atoms with E-state index in [-0.39, 0.29) is 4.90 Å². The third-order valence-corrected chi connectivity index (χ3v) is 4.13. The highest BCUT2D eigenvalue weighted by Crippen LogP contribution is 2.24. The number of aromatic nitrogens is 2. The van der Waals surface area contributed by atoms with Gasteiger partial charge in [-0.05, 0) is 19.1 Å². The smallest absolute Gasteiger partial charge is 0.264 e. The van der Waals surface area contributed by atoms with Gasteiger partial charge in [0, 0.05) is 20.3 Å². The lowest BCUT2D eigenvalue weighted by molar-refractivity contribution is 0.601. The van der Waals surface area contributed by atoms with Gasteiger partial charge in [-0.1, -0.05) is 12.1 Å². The number of benzene rings is 1. The molecule has 102 valence electrons. The van der Waals surface area contributed by atoms with Gasteiger partial charge in [-0.2, -0.15) is 5.10 Å². The Morgan fingerprint density at radius 1 is 1.21 bits per heavy atom. The van der Waals surface area contributed by atoms with Crippen molar-refractivity contribution in [2.45, 2.75) is 11.8 Å². The zero-order valence-corrected chi connectivity index (χ0v) is 11.8. The Balaban J connectivity index is 2.40. The molecule has 0 aliphatic rings. The summed E-state index contributed by atoms with van der Waals surface area (Å²) in [5.74, 6) is 0. The molecule has 0 saturated carbocycles. The third-order valence-electron chi connectivity index (χ3n) is 2.70. The van der Waals surface area contributed by atoms with Crippen molar-refractivity contribution in [3.63, 3.8) is 0 Å². The van der Waals surface area contributed by atoms with Crippen LogP contribution in [0.4, 0.5) is 11.4 Å². The Labute approximate surface area is 112 Å². The summed E-state index contributed by atoms with van der Waals surface area (Å²) >= 11 is 0. The number of nitrogens with zero attached hydrogens (tertiary/aromatic N) is 2. The van der Waals surface area contributed by atoms with Crippen LogP contribution >= 0.6 is 0 Å². The molecule has 0 atom stereocenters. The summed E-state index contributed by atoms with van der Waals surface area (Å²) in [5.41, 5.74) is 1.66. The van der Waals surface area contributed by atoms with Crippen LogP contribution in [0, 0.1) is 6.92 Å². The summed E-state index contributed by atoms with van der Waals surface area (Å²) in [5, 5.41) is 6.97. The summed E-state index contributed by atoms with van der Waals surface area (Å²) in [6, 6.07) is 6.73. The van der Waals surface area contributed by atoms with Crippen molar-refractivity contribution in [3.8, 4) is 0 Å². The van der Waals surface area contributed by atoms with Crippen molar-refractivity contribution in [3.05, 3.63) is 36.2 Å².